The molecule has 0 aromatic rings. The number of carbonyl (C=O) groups is 1. The summed E-state index contributed by atoms with van der Waals surface area (Å²) in [5, 5.41) is 12.2. The van der Waals surface area contributed by atoms with Crippen LogP contribution in [0.25, 0.3) is 0 Å². The Bertz CT molecular complexity index is 194. The molecular formula is C11H21NO2. The molecule has 14 heavy (non-hydrogen) atoms. The van der Waals surface area contributed by atoms with Gasteiger partial charge in [-0.1, -0.05) is 33.1 Å². The third-order valence-corrected chi connectivity index (χ3v) is 3.01. The van der Waals surface area contributed by atoms with E-state index in [0.717, 1.165) is 38.0 Å². The zero-order valence-corrected chi connectivity index (χ0v) is 9.12. The van der Waals surface area contributed by atoms with Crippen LogP contribution in [0.1, 0.15) is 46.0 Å². The Balaban J connectivity index is 2.25. The quantitative estimate of drug-likeness (QED) is 0.659. The molecule has 1 saturated carbocycles. The van der Waals surface area contributed by atoms with Crippen LogP contribution in [0.5, 0.6) is 0 Å². The first-order valence-electron chi connectivity index (χ1n) is 5.67. The number of hydrogen-bond acceptors (Lipinski definition) is 2. The molecule has 0 heterocycles. The van der Waals surface area contributed by atoms with E-state index in [1.807, 2.05) is 0 Å². The van der Waals surface area contributed by atoms with Crippen molar-refractivity contribution >= 4 is 5.97 Å². The van der Waals surface area contributed by atoms with Gasteiger partial charge in [0.15, 0.2) is 0 Å². The molecule has 0 aromatic carbocycles. The second-order valence-electron chi connectivity index (χ2n) is 4.21. The lowest BCUT2D eigenvalue weighted by atomic mass is 10.1. The topological polar surface area (TPSA) is 49.3 Å². The fraction of sp³-hybridized carbons (Fsp3) is 0.909. The summed E-state index contributed by atoms with van der Waals surface area (Å²) in [6.45, 7) is 4.25. The second kappa shape index (κ2) is 5.35. The van der Waals surface area contributed by atoms with E-state index < -0.39 is 5.97 Å². The summed E-state index contributed by atoms with van der Waals surface area (Å²) >= 11 is 0. The predicted octanol–water partition coefficient (Wildman–Crippen LogP) is 2.02. The van der Waals surface area contributed by atoms with Crippen LogP contribution >= 0.6 is 0 Å². The summed E-state index contributed by atoms with van der Waals surface area (Å²) in [6.07, 6.45) is 5.14. The molecule has 1 aliphatic carbocycles. The SMILES string of the molecule is CCCCC(NC1CC1CC)C(=O)O. The van der Waals surface area contributed by atoms with Crippen molar-refractivity contribution in [2.45, 2.75) is 58.0 Å². The van der Waals surface area contributed by atoms with Crippen molar-refractivity contribution in [3.8, 4) is 0 Å². The highest BCUT2D eigenvalue weighted by Gasteiger charge is 2.37. The summed E-state index contributed by atoms with van der Waals surface area (Å²) < 4.78 is 0. The van der Waals surface area contributed by atoms with Gasteiger partial charge in [-0.3, -0.25) is 4.79 Å². The predicted molar refractivity (Wildman–Crippen MR) is 56.3 cm³/mol. The van der Waals surface area contributed by atoms with Crippen molar-refractivity contribution in [2.24, 2.45) is 5.92 Å². The zero-order chi connectivity index (χ0) is 10.6. The van der Waals surface area contributed by atoms with E-state index >= 15 is 0 Å². The van der Waals surface area contributed by atoms with E-state index in [1.54, 1.807) is 0 Å². The van der Waals surface area contributed by atoms with Gasteiger partial charge in [0.25, 0.3) is 0 Å². The van der Waals surface area contributed by atoms with E-state index in [0.29, 0.717) is 6.04 Å². The first-order chi connectivity index (χ1) is 6.69. The molecule has 82 valence electrons. The highest BCUT2D eigenvalue weighted by molar-refractivity contribution is 5.73. The molecular weight excluding hydrogens is 178 g/mol. The van der Waals surface area contributed by atoms with Crippen molar-refractivity contribution in [2.75, 3.05) is 0 Å². The van der Waals surface area contributed by atoms with Gasteiger partial charge in [-0.2, -0.15) is 0 Å². The summed E-state index contributed by atoms with van der Waals surface area (Å²) in [5.41, 5.74) is 0. The van der Waals surface area contributed by atoms with Crippen LogP contribution in [0, 0.1) is 5.92 Å². The zero-order valence-electron chi connectivity index (χ0n) is 9.12. The van der Waals surface area contributed by atoms with Gasteiger partial charge in [0, 0.05) is 6.04 Å². The van der Waals surface area contributed by atoms with Gasteiger partial charge in [-0.05, 0) is 18.8 Å². The lowest BCUT2D eigenvalue weighted by Gasteiger charge is -2.13. The lowest BCUT2D eigenvalue weighted by Crippen LogP contribution is -2.38. The van der Waals surface area contributed by atoms with Gasteiger partial charge in [0.1, 0.15) is 6.04 Å². The number of carboxylic acid groups (broad SMARTS) is 1. The first kappa shape index (κ1) is 11.5. The molecule has 1 fully saturated rings. The molecule has 0 radical (unpaired) electrons. The minimum absolute atomic E-state index is 0.323. The van der Waals surface area contributed by atoms with Crippen LogP contribution in [0.2, 0.25) is 0 Å². The number of aliphatic carboxylic acids is 1. The van der Waals surface area contributed by atoms with Crippen LogP contribution < -0.4 is 5.32 Å². The fourth-order valence-corrected chi connectivity index (χ4v) is 1.85. The summed E-state index contributed by atoms with van der Waals surface area (Å²) in [6, 6.07) is 0.148. The van der Waals surface area contributed by atoms with E-state index in [9.17, 15) is 4.79 Å². The summed E-state index contributed by atoms with van der Waals surface area (Å²) in [4.78, 5) is 10.9. The molecule has 0 aromatic heterocycles. The van der Waals surface area contributed by atoms with Gasteiger partial charge in [-0.15, -0.1) is 0 Å². The van der Waals surface area contributed by atoms with Crippen LogP contribution in [0.15, 0.2) is 0 Å². The standard InChI is InChI=1S/C11H21NO2/c1-3-5-6-9(11(13)14)12-10-7-8(10)4-2/h8-10,12H,3-7H2,1-2H3,(H,13,14). The normalized spacial score (nSPS) is 27.3. The molecule has 0 amide bonds. The van der Waals surface area contributed by atoms with Gasteiger partial charge < -0.3 is 10.4 Å². The summed E-state index contributed by atoms with van der Waals surface area (Å²) in [5.74, 6) is 0.0266. The molecule has 0 saturated heterocycles. The second-order valence-corrected chi connectivity index (χ2v) is 4.21. The Morgan fingerprint density at radius 3 is 2.71 bits per heavy atom. The molecule has 3 nitrogen and oxygen atoms in total. The van der Waals surface area contributed by atoms with Crippen LogP contribution in [0.4, 0.5) is 0 Å². The number of nitrogens with one attached hydrogen (secondary N) is 1. The number of carboxylic acids is 1. The average molecular weight is 199 g/mol. The molecule has 0 bridgehead atoms. The maximum Gasteiger partial charge on any atom is 0.320 e. The first-order valence-corrected chi connectivity index (χ1v) is 5.67. The highest BCUT2D eigenvalue weighted by atomic mass is 16.4. The minimum atomic E-state index is -0.694. The van der Waals surface area contributed by atoms with E-state index in [1.165, 1.54) is 0 Å². The van der Waals surface area contributed by atoms with Crippen molar-refractivity contribution in [3.63, 3.8) is 0 Å². The molecule has 2 N–H and O–H groups in total. The Hall–Kier alpha value is -0.570. The van der Waals surface area contributed by atoms with Crippen molar-refractivity contribution in [1.29, 1.82) is 0 Å². The maximum absolute atomic E-state index is 10.9. The third kappa shape index (κ3) is 3.29. The molecule has 0 aliphatic heterocycles. The largest absolute Gasteiger partial charge is 0.480 e. The van der Waals surface area contributed by atoms with Gasteiger partial charge in [0.05, 0.1) is 0 Å². The van der Waals surface area contributed by atoms with Crippen molar-refractivity contribution in [3.05, 3.63) is 0 Å². The number of hydrogen-bond donors (Lipinski definition) is 2. The van der Waals surface area contributed by atoms with Crippen molar-refractivity contribution < 1.29 is 9.90 Å². The molecule has 3 heteroatoms. The average Bonchev–Trinajstić information content (AvgIpc) is 2.90. The molecule has 1 rings (SSSR count). The van der Waals surface area contributed by atoms with Gasteiger partial charge >= 0.3 is 5.97 Å². The van der Waals surface area contributed by atoms with Gasteiger partial charge in [-0.25, -0.2) is 0 Å². The molecule has 3 unspecified atom stereocenters. The molecule has 1 aliphatic rings. The van der Waals surface area contributed by atoms with E-state index in [4.69, 9.17) is 5.11 Å². The summed E-state index contributed by atoms with van der Waals surface area (Å²) in [7, 11) is 0. The molecule has 0 spiro atoms. The lowest BCUT2D eigenvalue weighted by molar-refractivity contribution is -0.139. The number of unbranched alkanes of at least 4 members (excludes halogenated alkanes) is 1. The molecule has 3 atom stereocenters. The Morgan fingerprint density at radius 1 is 1.57 bits per heavy atom. The Kier molecular flexibility index (Phi) is 4.39. The van der Waals surface area contributed by atoms with E-state index in [-0.39, 0.29) is 6.04 Å². The van der Waals surface area contributed by atoms with Crippen LogP contribution in [-0.2, 0) is 4.79 Å². The maximum atomic E-state index is 10.9. The van der Waals surface area contributed by atoms with Crippen LogP contribution in [0.3, 0.4) is 0 Å². The van der Waals surface area contributed by atoms with Crippen LogP contribution in [-0.4, -0.2) is 23.2 Å². The number of rotatable bonds is 7. The van der Waals surface area contributed by atoms with Crippen molar-refractivity contribution in [1.82, 2.24) is 5.32 Å². The fourth-order valence-electron chi connectivity index (χ4n) is 1.85. The Morgan fingerprint density at radius 2 is 2.29 bits per heavy atom. The van der Waals surface area contributed by atoms with E-state index in [2.05, 4.69) is 19.2 Å². The monoisotopic (exact) mass is 199 g/mol. The third-order valence-electron chi connectivity index (χ3n) is 3.01. The smallest absolute Gasteiger partial charge is 0.320 e. The van der Waals surface area contributed by atoms with Gasteiger partial charge in [0.2, 0.25) is 0 Å². The minimum Gasteiger partial charge on any atom is -0.480 e. The highest BCUT2D eigenvalue weighted by Crippen LogP contribution is 2.33. The Labute approximate surface area is 85.9 Å².